The standard InChI is InChI=1S/C28H37ClN3O6/c1-16-9-24(36-4)22(28(33)30-16)14-32(34)11-19-10-23(29)27-26(17(19)2)38-25(15-37-27)18-5-7-20(8-6-18)31-12-21(13-31)35-3/h9-10,18,20-21,25H,5-8,11-15H2,1-4H3,(H,30,33)/q-1/t18?,20?,25-/m0/s1. The first kappa shape index (κ1) is 27.3. The molecule has 1 aliphatic carbocycles. The largest absolute Gasteiger partial charge is 0.785 e. The monoisotopic (exact) mass is 546 g/mol. The van der Waals surface area contributed by atoms with Crippen LogP contribution in [-0.4, -0.2) is 67.1 Å². The highest BCUT2D eigenvalue weighted by atomic mass is 35.5. The zero-order valence-corrected chi connectivity index (χ0v) is 23.3. The fourth-order valence-electron chi connectivity index (χ4n) is 5.97. The van der Waals surface area contributed by atoms with Crippen molar-refractivity contribution in [2.24, 2.45) is 5.92 Å². The number of fused-ring (bicyclic) bond motifs is 1. The van der Waals surface area contributed by atoms with E-state index in [0.29, 0.717) is 58.2 Å². The maximum atomic E-state index is 13.0. The smallest absolute Gasteiger partial charge is 0.256 e. The van der Waals surface area contributed by atoms with Crippen molar-refractivity contribution in [2.75, 3.05) is 33.9 Å². The lowest BCUT2D eigenvalue weighted by atomic mass is 9.81. The molecule has 10 heteroatoms. The van der Waals surface area contributed by atoms with Gasteiger partial charge in [0.25, 0.3) is 5.56 Å². The molecule has 0 amide bonds. The number of hydrogen-bond donors (Lipinski definition) is 1. The zero-order chi connectivity index (χ0) is 27.0. The Morgan fingerprint density at radius 3 is 2.55 bits per heavy atom. The number of methoxy groups -OCH3 is 2. The summed E-state index contributed by atoms with van der Waals surface area (Å²) in [6, 6.07) is 4.09. The average molecular weight is 547 g/mol. The molecule has 2 aromatic rings. The Bertz CT molecular complexity index is 1210. The summed E-state index contributed by atoms with van der Waals surface area (Å²) in [5.41, 5.74) is 2.21. The molecule has 1 aromatic heterocycles. The maximum Gasteiger partial charge on any atom is 0.256 e. The van der Waals surface area contributed by atoms with E-state index in [1.165, 1.54) is 7.11 Å². The number of hydrogen-bond acceptors (Lipinski definition) is 8. The van der Waals surface area contributed by atoms with Crippen LogP contribution in [0, 0.1) is 25.0 Å². The minimum atomic E-state index is -0.329. The number of likely N-dealkylation sites (tertiary alicyclic amines) is 1. The van der Waals surface area contributed by atoms with Gasteiger partial charge in [-0.05, 0) is 68.7 Å². The third-order valence-electron chi connectivity index (χ3n) is 8.33. The quantitative estimate of drug-likeness (QED) is 0.492. The number of rotatable bonds is 8. The van der Waals surface area contributed by atoms with Gasteiger partial charge in [0.15, 0.2) is 11.5 Å². The van der Waals surface area contributed by atoms with Gasteiger partial charge in [-0.2, -0.15) is 0 Å². The first-order valence-corrected chi connectivity index (χ1v) is 13.7. The predicted octanol–water partition coefficient (Wildman–Crippen LogP) is 4.18. The van der Waals surface area contributed by atoms with Crippen molar-refractivity contribution in [3.8, 4) is 17.2 Å². The first-order chi connectivity index (χ1) is 18.3. The number of benzene rings is 1. The Balaban J connectivity index is 1.25. The molecular weight excluding hydrogens is 510 g/mol. The van der Waals surface area contributed by atoms with E-state index >= 15 is 0 Å². The Morgan fingerprint density at radius 1 is 1.13 bits per heavy atom. The van der Waals surface area contributed by atoms with Crippen LogP contribution in [0.5, 0.6) is 17.2 Å². The van der Waals surface area contributed by atoms with Crippen molar-refractivity contribution in [3.05, 3.63) is 55.1 Å². The molecule has 2 aliphatic heterocycles. The topological polar surface area (TPSA) is 99.3 Å². The maximum absolute atomic E-state index is 13.0. The Labute approximate surface area is 228 Å². The van der Waals surface area contributed by atoms with Gasteiger partial charge in [-0.15, -0.1) is 0 Å². The summed E-state index contributed by atoms with van der Waals surface area (Å²) >= 11 is 6.57. The van der Waals surface area contributed by atoms with Crippen LogP contribution in [0.3, 0.4) is 0 Å². The lowest BCUT2D eigenvalue weighted by Gasteiger charge is -2.46. The van der Waals surface area contributed by atoms with Crippen LogP contribution in [0.2, 0.25) is 5.02 Å². The normalized spacial score (nSPS) is 23.9. The van der Waals surface area contributed by atoms with Crippen LogP contribution in [0.1, 0.15) is 48.1 Å². The summed E-state index contributed by atoms with van der Waals surface area (Å²) in [7, 11) is 3.27. The molecule has 1 saturated carbocycles. The number of hydroxylamine groups is 2. The number of nitrogens with zero attached hydrogens (tertiary/aromatic N) is 2. The molecule has 1 aromatic carbocycles. The molecule has 0 spiro atoms. The second kappa shape index (κ2) is 11.4. The lowest BCUT2D eigenvalue weighted by molar-refractivity contribution is -0.0649. The van der Waals surface area contributed by atoms with Crippen LogP contribution in [-0.2, 0) is 17.8 Å². The second-order valence-electron chi connectivity index (χ2n) is 10.8. The van der Waals surface area contributed by atoms with Crippen LogP contribution >= 0.6 is 11.6 Å². The van der Waals surface area contributed by atoms with Gasteiger partial charge >= 0.3 is 0 Å². The highest BCUT2D eigenvalue weighted by Gasteiger charge is 2.38. The molecule has 9 nitrogen and oxygen atoms in total. The third kappa shape index (κ3) is 5.53. The predicted molar refractivity (Wildman–Crippen MR) is 145 cm³/mol. The van der Waals surface area contributed by atoms with E-state index < -0.39 is 0 Å². The fraction of sp³-hybridized carbons (Fsp3) is 0.607. The van der Waals surface area contributed by atoms with E-state index in [1.807, 2.05) is 6.92 Å². The Morgan fingerprint density at radius 2 is 1.87 bits per heavy atom. The number of H-pyrrole nitrogens is 1. The van der Waals surface area contributed by atoms with E-state index in [0.717, 1.165) is 55.0 Å². The number of ether oxygens (including phenoxy) is 4. The molecule has 38 heavy (non-hydrogen) atoms. The van der Waals surface area contributed by atoms with Crippen molar-refractivity contribution in [1.29, 1.82) is 0 Å². The van der Waals surface area contributed by atoms with Crippen molar-refractivity contribution in [2.45, 2.75) is 70.9 Å². The molecule has 3 aliphatic rings. The summed E-state index contributed by atoms with van der Waals surface area (Å²) in [5, 5.41) is 14.2. The van der Waals surface area contributed by atoms with Gasteiger partial charge in [-0.3, -0.25) is 9.69 Å². The average Bonchev–Trinajstić information content (AvgIpc) is 2.88. The summed E-state index contributed by atoms with van der Waals surface area (Å²) in [6.45, 7) is 6.17. The molecule has 0 radical (unpaired) electrons. The number of aryl methyl sites for hydroxylation is 1. The van der Waals surface area contributed by atoms with Gasteiger partial charge in [-0.1, -0.05) is 11.6 Å². The third-order valence-corrected chi connectivity index (χ3v) is 8.61. The van der Waals surface area contributed by atoms with Crippen molar-refractivity contribution < 1.29 is 18.9 Å². The van der Waals surface area contributed by atoms with Gasteiger partial charge in [-0.25, -0.2) is 0 Å². The van der Waals surface area contributed by atoms with E-state index in [-0.39, 0.29) is 24.8 Å². The molecule has 3 heterocycles. The highest BCUT2D eigenvalue weighted by Crippen LogP contribution is 2.45. The number of pyridine rings is 1. The van der Waals surface area contributed by atoms with Crippen molar-refractivity contribution in [3.63, 3.8) is 0 Å². The number of aromatic nitrogens is 1. The van der Waals surface area contributed by atoms with E-state index in [9.17, 15) is 10.0 Å². The van der Waals surface area contributed by atoms with Crippen LogP contribution in [0.4, 0.5) is 0 Å². The fourth-order valence-corrected chi connectivity index (χ4v) is 6.24. The first-order valence-electron chi connectivity index (χ1n) is 13.3. The molecule has 0 bridgehead atoms. The SMILES string of the molecule is COc1cc(C)[nH]c(=O)c1CN([O-])Cc1cc(Cl)c2c(c1C)O[C@H](C1CCC(N3CC(OC)C3)CC1)CO2. The molecule has 1 atom stereocenters. The van der Waals surface area contributed by atoms with Crippen LogP contribution in [0.15, 0.2) is 16.9 Å². The van der Waals surface area contributed by atoms with E-state index in [1.54, 1.807) is 26.2 Å². The summed E-state index contributed by atoms with van der Waals surface area (Å²) in [4.78, 5) is 17.7. The Hall–Kier alpha value is -2.30. The summed E-state index contributed by atoms with van der Waals surface area (Å²) < 4.78 is 23.4. The van der Waals surface area contributed by atoms with E-state index in [2.05, 4.69) is 9.88 Å². The second-order valence-corrected chi connectivity index (χ2v) is 11.2. The molecular formula is C28H37ClN3O6-. The molecule has 1 saturated heterocycles. The molecule has 0 unspecified atom stereocenters. The van der Waals surface area contributed by atoms with Gasteiger partial charge in [0.1, 0.15) is 18.5 Å². The van der Waals surface area contributed by atoms with Gasteiger partial charge in [0.05, 0.1) is 23.8 Å². The van der Waals surface area contributed by atoms with Crippen molar-refractivity contribution in [1.82, 2.24) is 14.9 Å². The van der Waals surface area contributed by atoms with Gasteiger partial charge in [0.2, 0.25) is 0 Å². The minimum absolute atomic E-state index is 0.0460. The molecule has 1 N–H and O–H groups in total. The number of aromatic amines is 1. The molecule has 208 valence electrons. The Kier molecular flexibility index (Phi) is 8.21. The summed E-state index contributed by atoms with van der Waals surface area (Å²) in [5.74, 6) is 1.97. The number of halogens is 1. The minimum Gasteiger partial charge on any atom is -0.785 e. The molecule has 5 rings (SSSR count). The van der Waals surface area contributed by atoms with Crippen molar-refractivity contribution >= 4 is 11.6 Å². The van der Waals surface area contributed by atoms with Gasteiger partial charge in [0, 0.05) is 45.0 Å². The zero-order valence-electron chi connectivity index (χ0n) is 22.5. The number of nitrogens with one attached hydrogen (secondary N) is 1. The van der Waals surface area contributed by atoms with Crippen LogP contribution in [0.25, 0.3) is 0 Å². The lowest BCUT2D eigenvalue weighted by Crippen LogP contribution is -2.57. The highest BCUT2D eigenvalue weighted by molar-refractivity contribution is 6.32. The van der Waals surface area contributed by atoms with Gasteiger partial charge < -0.3 is 34.2 Å². The molecule has 2 fully saturated rings. The van der Waals surface area contributed by atoms with E-state index in [4.69, 9.17) is 30.5 Å². The van der Waals surface area contributed by atoms with Crippen LogP contribution < -0.4 is 19.8 Å². The summed E-state index contributed by atoms with van der Waals surface area (Å²) in [6.07, 6.45) is 4.83.